The van der Waals surface area contributed by atoms with Crippen LogP contribution in [0.3, 0.4) is 0 Å². The highest BCUT2D eigenvalue weighted by Gasteiger charge is 2.07. The summed E-state index contributed by atoms with van der Waals surface area (Å²) in [6.45, 7) is 0. The molecule has 0 saturated heterocycles. The predicted molar refractivity (Wildman–Crippen MR) is 66.0 cm³/mol. The van der Waals surface area contributed by atoms with E-state index in [2.05, 4.69) is 4.74 Å². The van der Waals surface area contributed by atoms with Gasteiger partial charge in [-0.25, -0.2) is 0 Å². The Morgan fingerprint density at radius 3 is 2.67 bits per heavy atom. The minimum absolute atomic E-state index is 0.00281. The first kappa shape index (κ1) is 13.9. The van der Waals surface area contributed by atoms with E-state index in [1.165, 1.54) is 7.11 Å². The molecular formula is C14H15NO3. The van der Waals surface area contributed by atoms with E-state index in [1.807, 2.05) is 6.07 Å². The average Bonchev–Trinajstić information content (AvgIpc) is 2.43. The number of nitriles is 1. The number of carbonyl (C=O) groups excluding carboxylic acids is 2. The molecule has 0 N–H and O–H groups in total. The second-order valence-corrected chi connectivity index (χ2v) is 3.90. The van der Waals surface area contributed by atoms with Crippen molar-refractivity contribution >= 4 is 11.8 Å². The van der Waals surface area contributed by atoms with E-state index in [0.29, 0.717) is 36.8 Å². The molecule has 0 heterocycles. The minimum Gasteiger partial charge on any atom is -0.469 e. The molecule has 0 saturated carbocycles. The van der Waals surface area contributed by atoms with Gasteiger partial charge in [0.05, 0.1) is 18.7 Å². The zero-order valence-corrected chi connectivity index (χ0v) is 10.3. The summed E-state index contributed by atoms with van der Waals surface area (Å²) in [6, 6.07) is 8.64. The van der Waals surface area contributed by atoms with E-state index in [9.17, 15) is 9.59 Å². The van der Waals surface area contributed by atoms with Gasteiger partial charge in [0, 0.05) is 18.4 Å². The van der Waals surface area contributed by atoms with Crippen LogP contribution in [0.2, 0.25) is 0 Å². The van der Waals surface area contributed by atoms with Crippen LogP contribution in [0.1, 0.15) is 41.6 Å². The van der Waals surface area contributed by atoms with Crippen LogP contribution >= 0.6 is 0 Å². The van der Waals surface area contributed by atoms with Crippen molar-refractivity contribution in [3.8, 4) is 6.07 Å². The summed E-state index contributed by atoms with van der Waals surface area (Å²) in [5.41, 5.74) is 1.03. The molecule has 0 spiro atoms. The summed E-state index contributed by atoms with van der Waals surface area (Å²) in [7, 11) is 1.35. The molecule has 0 aliphatic heterocycles. The Balaban J connectivity index is 2.41. The molecule has 4 nitrogen and oxygen atoms in total. The van der Waals surface area contributed by atoms with Crippen molar-refractivity contribution in [2.75, 3.05) is 7.11 Å². The van der Waals surface area contributed by atoms with Gasteiger partial charge in [-0.05, 0) is 25.0 Å². The topological polar surface area (TPSA) is 67.2 Å². The summed E-state index contributed by atoms with van der Waals surface area (Å²) in [4.78, 5) is 22.7. The van der Waals surface area contributed by atoms with Gasteiger partial charge >= 0.3 is 5.97 Å². The smallest absolute Gasteiger partial charge is 0.305 e. The van der Waals surface area contributed by atoms with Crippen molar-refractivity contribution in [1.29, 1.82) is 5.26 Å². The molecule has 0 unspecified atom stereocenters. The molecule has 1 rings (SSSR count). The molecule has 0 aliphatic rings. The number of ketones is 1. The third-order valence-corrected chi connectivity index (χ3v) is 2.58. The van der Waals surface area contributed by atoms with Gasteiger partial charge in [0.25, 0.3) is 0 Å². The van der Waals surface area contributed by atoms with Gasteiger partial charge in [0.2, 0.25) is 0 Å². The molecule has 0 aromatic heterocycles. The van der Waals surface area contributed by atoms with Gasteiger partial charge < -0.3 is 4.74 Å². The van der Waals surface area contributed by atoms with Crippen LogP contribution in [0, 0.1) is 11.3 Å². The standard InChI is InChI=1S/C14H15NO3/c1-18-14(17)8-3-2-7-13(16)12-6-4-5-11(9-12)10-15/h4-6,9H,2-3,7-8H2,1H3. The lowest BCUT2D eigenvalue weighted by Gasteiger charge is -2.01. The number of nitrogens with zero attached hydrogens (tertiary/aromatic N) is 1. The molecule has 0 radical (unpaired) electrons. The van der Waals surface area contributed by atoms with E-state index in [1.54, 1.807) is 24.3 Å². The van der Waals surface area contributed by atoms with E-state index in [0.717, 1.165) is 0 Å². The molecule has 0 amide bonds. The van der Waals surface area contributed by atoms with E-state index < -0.39 is 0 Å². The van der Waals surface area contributed by atoms with Crippen molar-refractivity contribution < 1.29 is 14.3 Å². The lowest BCUT2D eigenvalue weighted by Crippen LogP contribution is -2.02. The molecular weight excluding hydrogens is 230 g/mol. The van der Waals surface area contributed by atoms with E-state index >= 15 is 0 Å². The lowest BCUT2D eigenvalue weighted by atomic mass is 10.0. The Hall–Kier alpha value is -2.15. The Morgan fingerprint density at radius 2 is 2.00 bits per heavy atom. The van der Waals surface area contributed by atoms with E-state index in [4.69, 9.17) is 5.26 Å². The number of Topliss-reactive ketones (excluding diaryl/α,β-unsaturated/α-hetero) is 1. The van der Waals surface area contributed by atoms with Crippen LogP contribution in [-0.2, 0) is 9.53 Å². The highest BCUT2D eigenvalue weighted by molar-refractivity contribution is 5.96. The summed E-state index contributed by atoms with van der Waals surface area (Å²) < 4.78 is 4.51. The Kier molecular flexibility index (Phi) is 5.59. The largest absolute Gasteiger partial charge is 0.469 e. The van der Waals surface area contributed by atoms with Gasteiger partial charge in [-0.15, -0.1) is 0 Å². The van der Waals surface area contributed by atoms with Crippen LogP contribution in [0.25, 0.3) is 0 Å². The van der Waals surface area contributed by atoms with Gasteiger partial charge in [-0.3, -0.25) is 9.59 Å². The summed E-state index contributed by atoms with van der Waals surface area (Å²) in [5, 5.41) is 8.73. The average molecular weight is 245 g/mol. The first-order valence-electron chi connectivity index (χ1n) is 5.77. The fraction of sp³-hybridized carbons (Fsp3) is 0.357. The van der Waals surface area contributed by atoms with Crippen LogP contribution < -0.4 is 0 Å². The number of methoxy groups -OCH3 is 1. The number of hydrogen-bond acceptors (Lipinski definition) is 4. The number of unbranched alkanes of at least 4 members (excludes halogenated alkanes) is 1. The second-order valence-electron chi connectivity index (χ2n) is 3.90. The van der Waals surface area contributed by atoms with Gasteiger partial charge in [-0.2, -0.15) is 5.26 Å². The fourth-order valence-electron chi connectivity index (χ4n) is 1.56. The molecule has 18 heavy (non-hydrogen) atoms. The van der Waals surface area contributed by atoms with Crippen LogP contribution in [-0.4, -0.2) is 18.9 Å². The molecule has 94 valence electrons. The highest BCUT2D eigenvalue weighted by atomic mass is 16.5. The number of hydrogen-bond donors (Lipinski definition) is 0. The van der Waals surface area contributed by atoms with Gasteiger partial charge in [-0.1, -0.05) is 12.1 Å². The van der Waals surface area contributed by atoms with Crippen molar-refractivity contribution in [3.05, 3.63) is 35.4 Å². The quantitative estimate of drug-likeness (QED) is 0.438. The maximum Gasteiger partial charge on any atom is 0.305 e. The van der Waals surface area contributed by atoms with Crippen LogP contribution in [0.4, 0.5) is 0 Å². The van der Waals surface area contributed by atoms with Crippen molar-refractivity contribution in [2.45, 2.75) is 25.7 Å². The highest BCUT2D eigenvalue weighted by Crippen LogP contribution is 2.10. The molecule has 1 aromatic rings. The second kappa shape index (κ2) is 7.23. The number of esters is 1. The normalized spacial score (nSPS) is 9.56. The summed E-state index contributed by atoms with van der Waals surface area (Å²) in [5.74, 6) is -0.258. The first-order valence-corrected chi connectivity index (χ1v) is 5.77. The van der Waals surface area contributed by atoms with Crippen molar-refractivity contribution in [3.63, 3.8) is 0 Å². The molecule has 4 heteroatoms. The van der Waals surface area contributed by atoms with Crippen LogP contribution in [0.15, 0.2) is 24.3 Å². The summed E-state index contributed by atoms with van der Waals surface area (Å²) >= 11 is 0. The van der Waals surface area contributed by atoms with Gasteiger partial charge in [0.15, 0.2) is 5.78 Å². The SMILES string of the molecule is COC(=O)CCCCC(=O)c1cccc(C#N)c1. The molecule has 0 bridgehead atoms. The molecule has 0 fully saturated rings. The zero-order chi connectivity index (χ0) is 13.4. The first-order chi connectivity index (χ1) is 8.67. The Bertz CT molecular complexity index is 474. The number of carbonyl (C=O) groups is 2. The number of benzene rings is 1. The molecule has 1 aromatic carbocycles. The predicted octanol–water partition coefficient (Wildman–Crippen LogP) is 2.47. The third kappa shape index (κ3) is 4.38. The third-order valence-electron chi connectivity index (χ3n) is 2.58. The van der Waals surface area contributed by atoms with Crippen molar-refractivity contribution in [1.82, 2.24) is 0 Å². The van der Waals surface area contributed by atoms with Gasteiger partial charge in [0.1, 0.15) is 0 Å². The Morgan fingerprint density at radius 1 is 1.28 bits per heavy atom. The lowest BCUT2D eigenvalue weighted by molar-refractivity contribution is -0.140. The fourth-order valence-corrected chi connectivity index (χ4v) is 1.56. The maximum atomic E-state index is 11.8. The minimum atomic E-state index is -0.256. The van der Waals surface area contributed by atoms with Crippen molar-refractivity contribution in [2.24, 2.45) is 0 Å². The van der Waals surface area contributed by atoms with Crippen LogP contribution in [0.5, 0.6) is 0 Å². The monoisotopic (exact) mass is 245 g/mol. The number of ether oxygens (including phenoxy) is 1. The maximum absolute atomic E-state index is 11.8. The molecule has 0 aliphatic carbocycles. The summed E-state index contributed by atoms with van der Waals surface area (Å²) in [6.07, 6.45) is 2.00. The zero-order valence-electron chi connectivity index (χ0n) is 10.3. The Labute approximate surface area is 106 Å². The number of rotatable bonds is 6. The molecule has 0 atom stereocenters. The van der Waals surface area contributed by atoms with E-state index in [-0.39, 0.29) is 11.8 Å².